The Morgan fingerprint density at radius 1 is 1.40 bits per heavy atom. The van der Waals surface area contributed by atoms with Gasteiger partial charge < -0.3 is 15.6 Å². The molecular weight excluding hydrogens is 288 g/mol. The molecule has 0 radical (unpaired) electrons. The molecule has 0 aromatic heterocycles. The molecule has 1 amide bonds. The van der Waals surface area contributed by atoms with Crippen molar-refractivity contribution in [1.82, 2.24) is 4.72 Å². The van der Waals surface area contributed by atoms with Crippen molar-refractivity contribution in [2.75, 3.05) is 13.7 Å². The summed E-state index contributed by atoms with van der Waals surface area (Å²) < 4.78 is 30.9. The summed E-state index contributed by atoms with van der Waals surface area (Å²) in [5.41, 5.74) is 4.91. The monoisotopic (exact) mass is 302 g/mol. The highest BCUT2D eigenvalue weighted by Gasteiger charge is 2.21. The fourth-order valence-electron chi connectivity index (χ4n) is 1.49. The Morgan fingerprint density at radius 2 is 2.05 bits per heavy atom. The van der Waals surface area contributed by atoms with Gasteiger partial charge in [0.15, 0.2) is 0 Å². The molecule has 8 nitrogen and oxygen atoms in total. The van der Waals surface area contributed by atoms with Crippen molar-refractivity contribution < 1.29 is 27.9 Å². The number of sulfonamides is 1. The number of ether oxygens (including phenoxy) is 1. The van der Waals surface area contributed by atoms with Gasteiger partial charge in [0.25, 0.3) is 0 Å². The van der Waals surface area contributed by atoms with Crippen LogP contribution in [0.5, 0.6) is 5.75 Å². The molecule has 0 aliphatic heterocycles. The molecule has 0 bridgehead atoms. The van der Waals surface area contributed by atoms with Gasteiger partial charge in [-0.15, -0.1) is 0 Å². The molecule has 0 heterocycles. The number of primary amides is 1. The van der Waals surface area contributed by atoms with E-state index in [0.29, 0.717) is 5.75 Å². The van der Waals surface area contributed by atoms with Crippen LogP contribution in [0.4, 0.5) is 0 Å². The number of carbonyl (C=O) groups is 2. The number of nitrogens with two attached hydrogens (primary N) is 1. The first-order valence-corrected chi connectivity index (χ1v) is 6.91. The molecule has 110 valence electrons. The number of methoxy groups -OCH3 is 1. The molecule has 20 heavy (non-hydrogen) atoms. The number of rotatable bonds is 7. The van der Waals surface area contributed by atoms with Crippen LogP contribution in [-0.2, 0) is 26.0 Å². The van der Waals surface area contributed by atoms with Gasteiger partial charge in [-0.05, 0) is 23.8 Å². The number of amides is 1. The van der Waals surface area contributed by atoms with Crippen LogP contribution in [0.3, 0.4) is 0 Å². The van der Waals surface area contributed by atoms with Gasteiger partial charge in [0, 0.05) is 0 Å². The summed E-state index contributed by atoms with van der Waals surface area (Å²) in [5.74, 6) is -1.71. The zero-order valence-electron chi connectivity index (χ0n) is 10.6. The van der Waals surface area contributed by atoms with Crippen LogP contribution in [0, 0.1) is 0 Å². The van der Waals surface area contributed by atoms with Gasteiger partial charge in [-0.3, -0.25) is 9.59 Å². The summed E-state index contributed by atoms with van der Waals surface area (Å²) in [6.07, 6.45) is -0.496. The summed E-state index contributed by atoms with van der Waals surface area (Å²) in [6.45, 7) is -0.569. The van der Waals surface area contributed by atoms with E-state index in [4.69, 9.17) is 15.6 Å². The number of aliphatic carboxylic acids is 1. The normalized spacial score (nSPS) is 11.1. The molecule has 1 aromatic carbocycles. The molecule has 9 heteroatoms. The first-order valence-electron chi connectivity index (χ1n) is 5.43. The van der Waals surface area contributed by atoms with E-state index in [-0.39, 0.29) is 10.5 Å². The summed E-state index contributed by atoms with van der Waals surface area (Å²) in [4.78, 5) is 21.2. The largest absolute Gasteiger partial charge is 0.497 e. The van der Waals surface area contributed by atoms with Gasteiger partial charge >= 0.3 is 5.97 Å². The summed E-state index contributed by atoms with van der Waals surface area (Å²) in [5, 5.41) is 8.81. The zero-order valence-corrected chi connectivity index (χ0v) is 11.4. The predicted octanol–water partition coefficient (Wildman–Crippen LogP) is -0.914. The van der Waals surface area contributed by atoms with Gasteiger partial charge in [-0.1, -0.05) is 0 Å². The molecule has 0 fully saturated rings. The average molecular weight is 302 g/mol. The van der Waals surface area contributed by atoms with Crippen molar-refractivity contribution in [2.24, 2.45) is 5.73 Å². The van der Waals surface area contributed by atoms with E-state index in [1.54, 1.807) is 0 Å². The van der Waals surface area contributed by atoms with Crippen molar-refractivity contribution in [3.8, 4) is 5.75 Å². The topological polar surface area (TPSA) is 136 Å². The van der Waals surface area contributed by atoms with Crippen LogP contribution < -0.4 is 15.2 Å². The van der Waals surface area contributed by atoms with Crippen LogP contribution in [0.2, 0.25) is 0 Å². The van der Waals surface area contributed by atoms with Gasteiger partial charge in [-0.25, -0.2) is 13.1 Å². The lowest BCUT2D eigenvalue weighted by atomic mass is 10.1. The molecule has 0 spiro atoms. The van der Waals surface area contributed by atoms with Crippen LogP contribution in [0.25, 0.3) is 0 Å². The van der Waals surface area contributed by atoms with Crippen LogP contribution in [0.15, 0.2) is 23.1 Å². The van der Waals surface area contributed by atoms with Gasteiger partial charge in [0.05, 0.1) is 25.0 Å². The highest BCUT2D eigenvalue weighted by molar-refractivity contribution is 7.89. The van der Waals surface area contributed by atoms with Crippen molar-refractivity contribution >= 4 is 21.9 Å². The molecular formula is C11H14N2O6S. The van der Waals surface area contributed by atoms with Gasteiger partial charge in [0.1, 0.15) is 5.75 Å². The first-order chi connectivity index (χ1) is 9.26. The minimum Gasteiger partial charge on any atom is -0.497 e. The van der Waals surface area contributed by atoms with E-state index < -0.39 is 34.9 Å². The molecule has 0 atom stereocenters. The number of hydrogen-bond donors (Lipinski definition) is 3. The number of benzene rings is 1. The Labute approximate surface area is 115 Å². The van der Waals surface area contributed by atoms with Crippen molar-refractivity contribution in [3.63, 3.8) is 0 Å². The molecule has 0 saturated heterocycles. The number of hydrogen-bond acceptors (Lipinski definition) is 5. The quantitative estimate of drug-likeness (QED) is 0.596. The second kappa shape index (κ2) is 6.35. The van der Waals surface area contributed by atoms with Crippen molar-refractivity contribution in [3.05, 3.63) is 23.8 Å². The lowest BCUT2D eigenvalue weighted by molar-refractivity contribution is -0.136. The number of carboxylic acids is 1. The van der Waals surface area contributed by atoms with E-state index in [1.165, 1.54) is 25.3 Å². The summed E-state index contributed by atoms with van der Waals surface area (Å²) in [7, 11) is -2.65. The SMILES string of the molecule is COc1ccc(S(=O)(=O)NCC(N)=O)c(CC(=O)O)c1. The summed E-state index contributed by atoms with van der Waals surface area (Å²) in [6, 6.07) is 3.90. The second-order valence-corrected chi connectivity index (χ2v) is 5.57. The van der Waals surface area contributed by atoms with Crippen molar-refractivity contribution in [1.29, 1.82) is 0 Å². The Kier molecular flexibility index (Phi) is 5.06. The smallest absolute Gasteiger partial charge is 0.307 e. The standard InChI is InChI=1S/C11H14N2O6S/c1-19-8-2-3-9(7(4-8)5-11(15)16)20(17,18)13-6-10(12)14/h2-4,13H,5-6H2,1H3,(H2,12,14)(H,15,16). The third-order valence-corrected chi connectivity index (χ3v) is 3.84. The van der Waals surface area contributed by atoms with E-state index in [1.807, 2.05) is 4.72 Å². The number of nitrogens with one attached hydrogen (secondary N) is 1. The van der Waals surface area contributed by atoms with Crippen LogP contribution in [-0.4, -0.2) is 39.1 Å². The molecule has 0 aliphatic carbocycles. The van der Waals surface area contributed by atoms with Gasteiger partial charge in [0.2, 0.25) is 15.9 Å². The third-order valence-electron chi connectivity index (χ3n) is 2.34. The lowest BCUT2D eigenvalue weighted by Gasteiger charge is -2.11. The molecule has 0 saturated carbocycles. The highest BCUT2D eigenvalue weighted by atomic mass is 32.2. The fraction of sp³-hybridized carbons (Fsp3) is 0.273. The minimum absolute atomic E-state index is 0.0498. The Balaban J connectivity index is 3.21. The highest BCUT2D eigenvalue weighted by Crippen LogP contribution is 2.22. The predicted molar refractivity (Wildman–Crippen MR) is 68.7 cm³/mol. The maximum atomic E-state index is 12.0. The van der Waals surface area contributed by atoms with E-state index in [2.05, 4.69) is 0 Å². The van der Waals surface area contributed by atoms with Gasteiger partial charge in [-0.2, -0.15) is 0 Å². The second-order valence-electron chi connectivity index (χ2n) is 3.84. The number of carbonyl (C=O) groups excluding carboxylic acids is 1. The average Bonchev–Trinajstić information content (AvgIpc) is 2.35. The first kappa shape index (κ1) is 15.9. The van der Waals surface area contributed by atoms with Crippen molar-refractivity contribution in [2.45, 2.75) is 11.3 Å². The van der Waals surface area contributed by atoms with Crippen LogP contribution >= 0.6 is 0 Å². The third kappa shape index (κ3) is 4.21. The molecule has 1 rings (SSSR count). The lowest BCUT2D eigenvalue weighted by Crippen LogP contribution is -2.33. The van der Waals surface area contributed by atoms with Crippen LogP contribution in [0.1, 0.15) is 5.56 Å². The molecule has 4 N–H and O–H groups in total. The van der Waals surface area contributed by atoms with E-state index in [9.17, 15) is 18.0 Å². The molecule has 0 aliphatic rings. The summed E-state index contributed by atoms with van der Waals surface area (Å²) >= 11 is 0. The Bertz CT molecular complexity index is 626. The Morgan fingerprint density at radius 3 is 2.55 bits per heavy atom. The minimum atomic E-state index is -4.03. The van der Waals surface area contributed by atoms with E-state index >= 15 is 0 Å². The number of carboxylic acid groups (broad SMARTS) is 1. The molecule has 1 aromatic rings. The van der Waals surface area contributed by atoms with E-state index in [0.717, 1.165) is 0 Å². The maximum Gasteiger partial charge on any atom is 0.307 e. The fourth-order valence-corrected chi connectivity index (χ4v) is 2.70. The Hall–Kier alpha value is -2.13. The molecule has 0 unspecified atom stereocenters. The zero-order chi connectivity index (χ0) is 15.3. The maximum absolute atomic E-state index is 12.0.